The first kappa shape index (κ1) is 21.4. The lowest BCUT2D eigenvalue weighted by atomic mass is 10.2. The summed E-state index contributed by atoms with van der Waals surface area (Å²) in [5.41, 5.74) is 1.90. The Morgan fingerprint density at radius 2 is 2.15 bits per heavy atom. The van der Waals surface area contributed by atoms with Crippen molar-refractivity contribution < 1.29 is 0 Å². The van der Waals surface area contributed by atoms with Crippen molar-refractivity contribution in [2.45, 2.75) is 39.3 Å². The summed E-state index contributed by atoms with van der Waals surface area (Å²) in [6.07, 6.45) is 6.60. The molecule has 1 atom stereocenters. The Hall–Kier alpha value is -0.870. The van der Waals surface area contributed by atoms with E-state index in [-0.39, 0.29) is 24.0 Å². The van der Waals surface area contributed by atoms with Crippen molar-refractivity contribution in [3.8, 4) is 0 Å². The first-order valence-electron chi connectivity index (χ1n) is 9.09. The van der Waals surface area contributed by atoms with Gasteiger partial charge in [0, 0.05) is 36.0 Å². The van der Waals surface area contributed by atoms with E-state index in [0.717, 1.165) is 41.4 Å². The molecule has 1 fully saturated rings. The molecule has 6 nitrogen and oxygen atoms in total. The summed E-state index contributed by atoms with van der Waals surface area (Å²) in [5, 5.41) is 6.83. The zero-order chi connectivity index (χ0) is 17.6. The van der Waals surface area contributed by atoms with Crippen molar-refractivity contribution in [3.63, 3.8) is 0 Å². The smallest absolute Gasteiger partial charge is 0.191 e. The minimum absolute atomic E-state index is 0. The maximum atomic E-state index is 4.70. The average Bonchev–Trinajstić information content (AvgIpc) is 3.22. The van der Waals surface area contributed by atoms with Crippen LogP contribution in [-0.4, -0.2) is 52.5 Å². The van der Waals surface area contributed by atoms with Crippen molar-refractivity contribution in [1.29, 1.82) is 0 Å². The average molecular weight is 535 g/mol. The summed E-state index contributed by atoms with van der Waals surface area (Å²) < 4.78 is 3.06. The van der Waals surface area contributed by atoms with Gasteiger partial charge in [-0.1, -0.05) is 6.92 Å². The van der Waals surface area contributed by atoms with E-state index in [2.05, 4.69) is 50.3 Å². The van der Waals surface area contributed by atoms with Crippen LogP contribution in [0.15, 0.2) is 34.0 Å². The zero-order valence-electron chi connectivity index (χ0n) is 15.4. The van der Waals surface area contributed by atoms with Crippen LogP contribution in [0.1, 0.15) is 32.4 Å². The van der Waals surface area contributed by atoms with E-state index < -0.39 is 0 Å². The lowest BCUT2D eigenvalue weighted by Gasteiger charge is -2.23. The predicted octanol–water partition coefficient (Wildman–Crippen LogP) is 3.25. The van der Waals surface area contributed by atoms with Gasteiger partial charge in [0.05, 0.1) is 12.2 Å². The molecular weight excluding hydrogens is 507 g/mol. The quantitative estimate of drug-likeness (QED) is 0.339. The van der Waals surface area contributed by atoms with E-state index in [4.69, 9.17) is 4.99 Å². The van der Waals surface area contributed by atoms with Crippen LogP contribution in [0.2, 0.25) is 0 Å². The third-order valence-corrected chi connectivity index (χ3v) is 5.09. The molecule has 2 N–H and O–H groups in total. The fourth-order valence-corrected chi connectivity index (χ4v) is 3.71. The normalized spacial score (nSPS) is 18.1. The van der Waals surface area contributed by atoms with E-state index >= 15 is 0 Å². The molecule has 1 aliphatic heterocycles. The van der Waals surface area contributed by atoms with Crippen molar-refractivity contribution in [2.24, 2.45) is 4.99 Å². The number of hydrogen-bond acceptors (Lipinski definition) is 3. The molecule has 1 unspecified atom stereocenters. The number of likely N-dealkylation sites (tertiary alicyclic amines) is 1. The van der Waals surface area contributed by atoms with Gasteiger partial charge in [0.2, 0.25) is 0 Å². The molecule has 2 aromatic rings. The van der Waals surface area contributed by atoms with Crippen molar-refractivity contribution in [3.05, 3.63) is 34.7 Å². The Balaban J connectivity index is 0.00000243. The van der Waals surface area contributed by atoms with E-state index in [9.17, 15) is 0 Å². The number of likely N-dealkylation sites (N-methyl/N-ethyl adjacent to an activating group) is 1. The number of imidazole rings is 1. The fraction of sp³-hybridized carbons (Fsp3) is 0.556. The molecule has 0 aromatic carbocycles. The minimum Gasteiger partial charge on any atom is -0.357 e. The number of nitrogens with one attached hydrogen (secondary N) is 2. The minimum atomic E-state index is 0. The van der Waals surface area contributed by atoms with Gasteiger partial charge in [0.25, 0.3) is 0 Å². The number of guanidine groups is 1. The van der Waals surface area contributed by atoms with Gasteiger partial charge in [-0.25, -0.2) is 9.98 Å². The SMILES string of the molecule is CCNC(=NCc1cn2cc(Br)ccc2n1)NCC1CCCN1CC.I. The molecule has 1 aliphatic rings. The molecule has 0 bridgehead atoms. The lowest BCUT2D eigenvalue weighted by Crippen LogP contribution is -2.44. The maximum Gasteiger partial charge on any atom is 0.191 e. The molecule has 2 aromatic heterocycles. The Bertz CT molecular complexity index is 732. The van der Waals surface area contributed by atoms with Gasteiger partial charge in [-0.05, 0) is 60.9 Å². The monoisotopic (exact) mass is 534 g/mol. The number of nitrogens with zero attached hydrogens (tertiary/aromatic N) is 4. The number of fused-ring (bicyclic) bond motifs is 1. The molecule has 0 spiro atoms. The highest BCUT2D eigenvalue weighted by molar-refractivity contribution is 14.0. The second kappa shape index (κ2) is 10.5. The topological polar surface area (TPSA) is 57.0 Å². The maximum absolute atomic E-state index is 4.70. The molecule has 144 valence electrons. The van der Waals surface area contributed by atoms with Crippen molar-refractivity contribution in [2.75, 3.05) is 26.2 Å². The first-order chi connectivity index (χ1) is 12.2. The first-order valence-corrected chi connectivity index (χ1v) is 9.88. The number of aliphatic imine (C=N–C) groups is 1. The van der Waals surface area contributed by atoms with E-state index in [1.807, 2.05) is 28.9 Å². The molecule has 0 aliphatic carbocycles. The molecule has 8 heteroatoms. The van der Waals surface area contributed by atoms with E-state index in [1.165, 1.54) is 19.4 Å². The van der Waals surface area contributed by atoms with Crippen LogP contribution in [0, 0.1) is 0 Å². The highest BCUT2D eigenvalue weighted by Gasteiger charge is 2.22. The fourth-order valence-electron chi connectivity index (χ4n) is 3.35. The van der Waals surface area contributed by atoms with E-state index in [1.54, 1.807) is 0 Å². The van der Waals surface area contributed by atoms with Crippen LogP contribution >= 0.6 is 39.9 Å². The standard InChI is InChI=1S/C18H27BrN6.HI/c1-3-20-18(22-11-16-6-5-9-24(16)4-2)21-10-15-13-25-12-14(19)7-8-17(25)23-15;/h7-8,12-13,16H,3-6,9-11H2,1-2H3,(H2,20,21,22);1H. The summed E-state index contributed by atoms with van der Waals surface area (Å²) in [6, 6.07) is 4.61. The molecule has 0 amide bonds. The summed E-state index contributed by atoms with van der Waals surface area (Å²) in [5.74, 6) is 0.865. The highest BCUT2D eigenvalue weighted by Crippen LogP contribution is 2.15. The number of rotatable bonds is 6. The van der Waals surface area contributed by atoms with Gasteiger partial charge in [-0.15, -0.1) is 24.0 Å². The van der Waals surface area contributed by atoms with Crippen molar-refractivity contribution >= 4 is 51.5 Å². The van der Waals surface area contributed by atoms with Crippen LogP contribution in [-0.2, 0) is 6.54 Å². The number of pyridine rings is 1. The third-order valence-electron chi connectivity index (χ3n) is 4.62. The largest absolute Gasteiger partial charge is 0.357 e. The number of hydrogen-bond donors (Lipinski definition) is 2. The second-order valence-corrected chi connectivity index (χ2v) is 7.26. The second-order valence-electron chi connectivity index (χ2n) is 6.35. The molecule has 26 heavy (non-hydrogen) atoms. The highest BCUT2D eigenvalue weighted by atomic mass is 127. The predicted molar refractivity (Wildman–Crippen MR) is 121 cm³/mol. The van der Waals surface area contributed by atoms with Gasteiger partial charge in [-0.2, -0.15) is 0 Å². The van der Waals surface area contributed by atoms with Crippen LogP contribution in [0.4, 0.5) is 0 Å². The Morgan fingerprint density at radius 3 is 2.92 bits per heavy atom. The molecule has 3 heterocycles. The van der Waals surface area contributed by atoms with Crippen LogP contribution < -0.4 is 10.6 Å². The molecule has 0 radical (unpaired) electrons. The molecule has 1 saturated heterocycles. The third kappa shape index (κ3) is 5.56. The van der Waals surface area contributed by atoms with Crippen molar-refractivity contribution in [1.82, 2.24) is 24.9 Å². The Kier molecular flexibility index (Phi) is 8.62. The number of halogens is 2. The van der Waals surface area contributed by atoms with Gasteiger partial charge < -0.3 is 15.0 Å². The zero-order valence-corrected chi connectivity index (χ0v) is 19.3. The lowest BCUT2D eigenvalue weighted by molar-refractivity contribution is 0.267. The summed E-state index contributed by atoms with van der Waals surface area (Å²) >= 11 is 3.49. The summed E-state index contributed by atoms with van der Waals surface area (Å²) in [6.45, 7) is 9.03. The van der Waals surface area contributed by atoms with Crippen LogP contribution in [0.5, 0.6) is 0 Å². The Labute approximate surface area is 181 Å². The summed E-state index contributed by atoms with van der Waals surface area (Å²) in [7, 11) is 0. The van der Waals surface area contributed by atoms with Gasteiger partial charge in [0.1, 0.15) is 5.65 Å². The molecular formula is C18H28BrIN6. The van der Waals surface area contributed by atoms with Gasteiger partial charge in [-0.3, -0.25) is 4.90 Å². The van der Waals surface area contributed by atoms with Gasteiger partial charge >= 0.3 is 0 Å². The van der Waals surface area contributed by atoms with Crippen LogP contribution in [0.3, 0.4) is 0 Å². The van der Waals surface area contributed by atoms with Crippen LogP contribution in [0.25, 0.3) is 5.65 Å². The Morgan fingerprint density at radius 1 is 1.31 bits per heavy atom. The number of aromatic nitrogens is 2. The molecule has 3 rings (SSSR count). The summed E-state index contributed by atoms with van der Waals surface area (Å²) in [4.78, 5) is 11.9. The van der Waals surface area contributed by atoms with E-state index in [0.29, 0.717) is 12.6 Å². The molecule has 0 saturated carbocycles. The van der Waals surface area contributed by atoms with Gasteiger partial charge in [0.15, 0.2) is 5.96 Å².